The molecule has 0 aliphatic rings. The first-order chi connectivity index (χ1) is 9.36. The molecular weight excluding hydrogens is 276 g/mol. The Labute approximate surface area is 120 Å². The van der Waals surface area contributed by atoms with E-state index in [1.165, 1.54) is 0 Å². The van der Waals surface area contributed by atoms with Crippen molar-refractivity contribution in [2.45, 2.75) is 25.2 Å². The zero-order chi connectivity index (χ0) is 15.2. The Bertz CT molecular complexity index is 594. The minimum absolute atomic E-state index is 0.0681. The van der Waals surface area contributed by atoms with Crippen LogP contribution < -0.4 is 10.0 Å². The Morgan fingerprint density at radius 3 is 2.70 bits per heavy atom. The van der Waals surface area contributed by atoms with E-state index in [0.717, 1.165) is 5.56 Å². The molecule has 20 heavy (non-hydrogen) atoms. The lowest BCUT2D eigenvalue weighted by Gasteiger charge is -2.10. The molecule has 5 nitrogen and oxygen atoms in total. The van der Waals surface area contributed by atoms with E-state index in [0.29, 0.717) is 12.1 Å². The molecule has 1 amide bonds. The summed E-state index contributed by atoms with van der Waals surface area (Å²) >= 11 is 0. The number of carbonyl (C=O) groups is 1. The molecule has 0 fully saturated rings. The van der Waals surface area contributed by atoms with E-state index in [1.807, 2.05) is 13.0 Å². The highest BCUT2D eigenvalue weighted by Crippen LogP contribution is 2.16. The Morgan fingerprint density at radius 1 is 1.35 bits per heavy atom. The van der Waals surface area contributed by atoms with Crippen molar-refractivity contribution in [3.05, 3.63) is 42.0 Å². The van der Waals surface area contributed by atoms with Crippen LogP contribution in [0.25, 0.3) is 0 Å². The normalized spacial score (nSPS) is 11.1. The van der Waals surface area contributed by atoms with E-state index in [9.17, 15) is 13.2 Å². The first kappa shape index (κ1) is 16.4. The van der Waals surface area contributed by atoms with E-state index in [2.05, 4.69) is 16.6 Å². The second-order valence-electron chi connectivity index (χ2n) is 4.51. The van der Waals surface area contributed by atoms with Crippen LogP contribution in [0.4, 0.5) is 0 Å². The quantitative estimate of drug-likeness (QED) is 0.744. The predicted molar refractivity (Wildman–Crippen MR) is 78.9 cm³/mol. The first-order valence-electron chi connectivity index (χ1n) is 6.31. The van der Waals surface area contributed by atoms with Crippen molar-refractivity contribution in [3.8, 4) is 0 Å². The fourth-order valence-electron chi connectivity index (χ4n) is 1.65. The lowest BCUT2D eigenvalue weighted by molar-refractivity contribution is -0.120. The van der Waals surface area contributed by atoms with Gasteiger partial charge in [-0.25, -0.2) is 13.1 Å². The summed E-state index contributed by atoms with van der Waals surface area (Å²) in [6, 6.07) is 5.24. The first-order valence-corrected chi connectivity index (χ1v) is 7.79. The van der Waals surface area contributed by atoms with Crippen molar-refractivity contribution in [1.29, 1.82) is 0 Å². The van der Waals surface area contributed by atoms with Gasteiger partial charge in [0.2, 0.25) is 15.9 Å². The number of carbonyl (C=O) groups excluding carboxylic acids is 1. The SMILES string of the molecule is C=CCNC(=O)CCNS(=O)(=O)c1cc(C)ccc1C. The predicted octanol–water partition coefficient (Wildman–Crippen LogP) is 1.27. The molecule has 0 bridgehead atoms. The molecule has 0 unspecified atom stereocenters. The highest BCUT2D eigenvalue weighted by molar-refractivity contribution is 7.89. The van der Waals surface area contributed by atoms with Crippen molar-refractivity contribution in [3.63, 3.8) is 0 Å². The molecule has 1 aromatic carbocycles. The Balaban J connectivity index is 2.64. The van der Waals surface area contributed by atoms with Gasteiger partial charge < -0.3 is 5.32 Å². The maximum absolute atomic E-state index is 12.1. The van der Waals surface area contributed by atoms with Gasteiger partial charge in [0.25, 0.3) is 0 Å². The number of nitrogens with one attached hydrogen (secondary N) is 2. The van der Waals surface area contributed by atoms with Crippen LogP contribution in [0, 0.1) is 13.8 Å². The molecule has 0 saturated carbocycles. The van der Waals surface area contributed by atoms with Gasteiger partial charge in [-0.3, -0.25) is 4.79 Å². The molecule has 110 valence electrons. The fraction of sp³-hybridized carbons (Fsp3) is 0.357. The molecule has 0 atom stereocenters. The molecule has 0 aromatic heterocycles. The summed E-state index contributed by atoms with van der Waals surface area (Å²) in [6.07, 6.45) is 1.66. The summed E-state index contributed by atoms with van der Waals surface area (Å²) < 4.78 is 26.7. The van der Waals surface area contributed by atoms with Crippen LogP contribution in [0.5, 0.6) is 0 Å². The fourth-order valence-corrected chi connectivity index (χ4v) is 3.01. The third-order valence-electron chi connectivity index (χ3n) is 2.72. The summed E-state index contributed by atoms with van der Waals surface area (Å²) in [5, 5.41) is 2.59. The van der Waals surface area contributed by atoms with Crippen LogP contribution in [0.1, 0.15) is 17.5 Å². The molecule has 0 radical (unpaired) electrons. The number of rotatable bonds is 7. The molecule has 6 heteroatoms. The summed E-state index contributed by atoms with van der Waals surface area (Å²) in [7, 11) is -3.58. The van der Waals surface area contributed by atoms with Gasteiger partial charge in [-0.2, -0.15) is 0 Å². The summed E-state index contributed by atoms with van der Waals surface area (Å²) in [4.78, 5) is 11.6. The van der Waals surface area contributed by atoms with Crippen molar-refractivity contribution in [2.75, 3.05) is 13.1 Å². The standard InChI is InChI=1S/C14H20N2O3S/c1-4-8-15-14(17)7-9-16-20(18,19)13-10-11(2)5-6-12(13)3/h4-6,10,16H,1,7-9H2,2-3H3,(H,15,17). The topological polar surface area (TPSA) is 75.3 Å². The summed E-state index contributed by atoms with van der Waals surface area (Å²) in [6.45, 7) is 7.50. The van der Waals surface area contributed by atoms with Crippen LogP contribution in [-0.2, 0) is 14.8 Å². The average molecular weight is 296 g/mol. The van der Waals surface area contributed by atoms with Gasteiger partial charge in [-0.15, -0.1) is 6.58 Å². The summed E-state index contributed by atoms with van der Waals surface area (Å²) in [5.74, 6) is -0.214. The van der Waals surface area contributed by atoms with Gasteiger partial charge >= 0.3 is 0 Å². The van der Waals surface area contributed by atoms with Crippen molar-refractivity contribution in [2.24, 2.45) is 0 Å². The summed E-state index contributed by atoms with van der Waals surface area (Å²) in [5.41, 5.74) is 1.55. The average Bonchev–Trinajstić information content (AvgIpc) is 2.38. The van der Waals surface area contributed by atoms with Crippen molar-refractivity contribution in [1.82, 2.24) is 10.0 Å². The van der Waals surface area contributed by atoms with Crippen LogP contribution in [0.15, 0.2) is 35.7 Å². The largest absolute Gasteiger partial charge is 0.353 e. The molecule has 1 aromatic rings. The molecule has 0 aliphatic carbocycles. The number of sulfonamides is 1. The van der Waals surface area contributed by atoms with Gasteiger partial charge in [-0.1, -0.05) is 18.2 Å². The van der Waals surface area contributed by atoms with E-state index in [-0.39, 0.29) is 23.8 Å². The highest BCUT2D eigenvalue weighted by atomic mass is 32.2. The lowest BCUT2D eigenvalue weighted by Crippen LogP contribution is -2.31. The van der Waals surface area contributed by atoms with Crippen molar-refractivity contribution < 1.29 is 13.2 Å². The van der Waals surface area contributed by atoms with Crippen LogP contribution in [0.3, 0.4) is 0 Å². The monoisotopic (exact) mass is 296 g/mol. The van der Waals surface area contributed by atoms with Crippen molar-refractivity contribution >= 4 is 15.9 Å². The van der Waals surface area contributed by atoms with E-state index < -0.39 is 10.0 Å². The highest BCUT2D eigenvalue weighted by Gasteiger charge is 2.16. The zero-order valence-electron chi connectivity index (χ0n) is 11.8. The second-order valence-corrected chi connectivity index (χ2v) is 6.24. The van der Waals surface area contributed by atoms with Crippen LogP contribution >= 0.6 is 0 Å². The maximum atomic E-state index is 12.1. The smallest absolute Gasteiger partial charge is 0.240 e. The Hall–Kier alpha value is -1.66. The molecule has 0 heterocycles. The van der Waals surface area contributed by atoms with Gasteiger partial charge in [0.15, 0.2) is 0 Å². The minimum Gasteiger partial charge on any atom is -0.353 e. The van der Waals surface area contributed by atoms with Gasteiger partial charge in [0, 0.05) is 19.5 Å². The number of amides is 1. The van der Waals surface area contributed by atoms with Crippen LogP contribution in [-0.4, -0.2) is 27.4 Å². The maximum Gasteiger partial charge on any atom is 0.240 e. The third-order valence-corrected chi connectivity index (χ3v) is 4.32. The zero-order valence-corrected chi connectivity index (χ0v) is 12.6. The van der Waals surface area contributed by atoms with E-state index >= 15 is 0 Å². The van der Waals surface area contributed by atoms with Gasteiger partial charge in [-0.05, 0) is 31.0 Å². The molecule has 1 rings (SSSR count). The molecular formula is C14H20N2O3S. The third kappa shape index (κ3) is 4.79. The van der Waals surface area contributed by atoms with E-state index in [1.54, 1.807) is 25.1 Å². The van der Waals surface area contributed by atoms with Gasteiger partial charge in [0.1, 0.15) is 0 Å². The number of benzene rings is 1. The molecule has 0 aliphatic heterocycles. The van der Waals surface area contributed by atoms with Crippen LogP contribution in [0.2, 0.25) is 0 Å². The Kier molecular flexibility index (Phi) is 5.91. The van der Waals surface area contributed by atoms with E-state index in [4.69, 9.17) is 0 Å². The number of aryl methyl sites for hydroxylation is 2. The number of hydrogen-bond donors (Lipinski definition) is 2. The molecule has 2 N–H and O–H groups in total. The Morgan fingerprint density at radius 2 is 2.05 bits per heavy atom. The second kappa shape index (κ2) is 7.21. The minimum atomic E-state index is -3.58. The van der Waals surface area contributed by atoms with Gasteiger partial charge in [0.05, 0.1) is 4.90 Å². The molecule has 0 saturated heterocycles. The number of hydrogen-bond acceptors (Lipinski definition) is 3. The molecule has 0 spiro atoms. The lowest BCUT2D eigenvalue weighted by atomic mass is 10.2.